The third kappa shape index (κ3) is 6.04. The summed E-state index contributed by atoms with van der Waals surface area (Å²) in [6.07, 6.45) is -1.90. The van der Waals surface area contributed by atoms with Crippen molar-refractivity contribution in [2.75, 3.05) is 6.61 Å². The first-order valence-electron chi connectivity index (χ1n) is 11.6. The number of aromatic nitrogens is 1. The number of hydrogen-bond donors (Lipinski definition) is 2. The molecule has 35 heavy (non-hydrogen) atoms. The van der Waals surface area contributed by atoms with E-state index in [4.69, 9.17) is 9.72 Å². The van der Waals surface area contributed by atoms with Gasteiger partial charge >= 0.3 is 5.97 Å². The van der Waals surface area contributed by atoms with E-state index in [0.717, 1.165) is 11.1 Å². The van der Waals surface area contributed by atoms with Crippen molar-refractivity contribution in [1.82, 2.24) is 4.98 Å². The number of pyridine rings is 1. The first-order chi connectivity index (χ1) is 16.6. The Labute approximate surface area is 205 Å². The maximum absolute atomic E-state index is 13.8. The van der Waals surface area contributed by atoms with Gasteiger partial charge in [-0.2, -0.15) is 0 Å². The Morgan fingerprint density at radius 2 is 1.71 bits per heavy atom. The van der Waals surface area contributed by atoms with Crippen LogP contribution in [0.5, 0.6) is 0 Å². The summed E-state index contributed by atoms with van der Waals surface area (Å²) in [4.78, 5) is 27.5. The molecule has 6 nitrogen and oxygen atoms in total. The first-order valence-corrected chi connectivity index (χ1v) is 13.0. The fourth-order valence-corrected chi connectivity index (χ4v) is 5.31. The molecule has 8 heteroatoms. The van der Waals surface area contributed by atoms with Gasteiger partial charge in [-0.05, 0) is 54.2 Å². The van der Waals surface area contributed by atoms with Crippen LogP contribution in [0.4, 0.5) is 4.39 Å². The largest absolute Gasteiger partial charge is 0.466 e. The zero-order chi connectivity index (χ0) is 25.7. The Hall–Kier alpha value is -2.86. The van der Waals surface area contributed by atoms with Gasteiger partial charge in [-0.25, -0.2) is 4.39 Å². The zero-order valence-corrected chi connectivity index (χ0v) is 21.3. The van der Waals surface area contributed by atoms with Crippen LogP contribution >= 0.6 is 8.03 Å². The molecule has 1 aromatic heterocycles. The van der Waals surface area contributed by atoms with Crippen LogP contribution in [-0.2, 0) is 14.1 Å². The monoisotopic (exact) mass is 499 g/mol. The molecule has 0 radical (unpaired) electrons. The molecule has 3 atom stereocenters. The quantitative estimate of drug-likeness (QED) is 0.285. The summed E-state index contributed by atoms with van der Waals surface area (Å²) in [5.74, 6) is -1.25. The summed E-state index contributed by atoms with van der Waals surface area (Å²) in [6.45, 7) is 7.46. The minimum absolute atomic E-state index is 0.134. The molecular weight excluding hydrogens is 468 g/mol. The summed E-state index contributed by atoms with van der Waals surface area (Å²) >= 11 is 0. The molecule has 0 amide bonds. The molecule has 3 unspecified atom stereocenters. The molecule has 2 aromatic carbocycles. The number of aliphatic hydroxyl groups excluding tert-OH is 1. The third-order valence-corrected chi connectivity index (χ3v) is 7.08. The zero-order valence-electron chi connectivity index (χ0n) is 20.3. The number of halogens is 1. The van der Waals surface area contributed by atoms with Gasteiger partial charge in [-0.15, -0.1) is 0 Å². The van der Waals surface area contributed by atoms with Gasteiger partial charge in [0.1, 0.15) is 5.82 Å². The van der Waals surface area contributed by atoms with E-state index in [1.807, 2.05) is 51.1 Å². The molecule has 0 saturated carbocycles. The predicted molar refractivity (Wildman–Crippen MR) is 135 cm³/mol. The molecule has 1 heterocycles. The van der Waals surface area contributed by atoms with Gasteiger partial charge in [0.05, 0.1) is 30.5 Å². The van der Waals surface area contributed by atoms with Gasteiger partial charge in [-0.1, -0.05) is 56.3 Å². The molecule has 0 aliphatic carbocycles. The molecule has 0 bridgehead atoms. The average Bonchev–Trinajstić information content (AvgIpc) is 2.80. The van der Waals surface area contributed by atoms with E-state index < -0.39 is 38.0 Å². The lowest BCUT2D eigenvalue weighted by Crippen LogP contribution is -2.24. The van der Waals surface area contributed by atoms with Gasteiger partial charge < -0.3 is 14.7 Å². The highest BCUT2D eigenvalue weighted by molar-refractivity contribution is 7.38. The van der Waals surface area contributed by atoms with E-state index in [2.05, 4.69) is 0 Å². The van der Waals surface area contributed by atoms with Crippen LogP contribution in [0.1, 0.15) is 55.6 Å². The Balaban J connectivity index is 2.36. The van der Waals surface area contributed by atoms with Crippen molar-refractivity contribution in [2.24, 2.45) is 0 Å². The Morgan fingerprint density at radius 3 is 2.26 bits per heavy atom. The number of rotatable bonds is 9. The predicted octanol–water partition coefficient (Wildman–Crippen LogP) is 5.81. The molecule has 2 N–H and O–H groups in total. The maximum Gasteiger partial charge on any atom is 0.308 e. The van der Waals surface area contributed by atoms with Crippen molar-refractivity contribution in [3.63, 3.8) is 0 Å². The summed E-state index contributed by atoms with van der Waals surface area (Å²) < 4.78 is 31.5. The lowest BCUT2D eigenvalue weighted by molar-refractivity contribution is -0.145. The van der Waals surface area contributed by atoms with Crippen LogP contribution in [0.15, 0.2) is 54.6 Å². The number of esters is 1. The van der Waals surface area contributed by atoms with Crippen LogP contribution in [0.2, 0.25) is 0 Å². The number of benzene rings is 2. The lowest BCUT2D eigenvalue weighted by atomic mass is 9.85. The minimum atomic E-state index is -3.39. The lowest BCUT2D eigenvalue weighted by Gasteiger charge is -2.29. The molecule has 0 saturated heterocycles. The average molecular weight is 500 g/mol. The van der Waals surface area contributed by atoms with E-state index in [0.29, 0.717) is 28.1 Å². The molecule has 0 aliphatic rings. The van der Waals surface area contributed by atoms with Crippen molar-refractivity contribution in [2.45, 2.75) is 51.8 Å². The van der Waals surface area contributed by atoms with E-state index in [-0.39, 0.29) is 12.5 Å². The fraction of sp³-hybridized carbons (Fsp3) is 0.333. The normalized spacial score (nSPS) is 13.9. The van der Waals surface area contributed by atoms with Crippen molar-refractivity contribution < 1.29 is 28.5 Å². The highest BCUT2D eigenvalue weighted by Crippen LogP contribution is 2.50. The second-order valence-electron chi connectivity index (χ2n) is 8.68. The summed E-state index contributed by atoms with van der Waals surface area (Å²) in [7, 11) is -3.39. The molecule has 3 rings (SSSR count). The smallest absolute Gasteiger partial charge is 0.308 e. The number of ether oxygens (including phenoxy) is 1. The van der Waals surface area contributed by atoms with Gasteiger partial charge in [0.25, 0.3) is 0 Å². The standard InChI is InChI=1S/C27H31FNO5P/c1-5-34-22(31)15-21(30)27(35(32)33)24-23(18-11-13-20(28)14-12-18)17(4)26(29-25(24)16(2)3)19-9-7-6-8-10-19/h6-14,16,21,27,30,35H,5,15H2,1-4H3,(H,32,33). The number of nitrogens with zero attached hydrogens (tertiary/aromatic N) is 1. The van der Waals surface area contributed by atoms with Crippen molar-refractivity contribution >= 4 is 14.0 Å². The topological polar surface area (TPSA) is 96.7 Å². The van der Waals surface area contributed by atoms with Crippen LogP contribution in [0.25, 0.3) is 22.4 Å². The van der Waals surface area contributed by atoms with Crippen molar-refractivity contribution in [3.8, 4) is 22.4 Å². The second-order valence-corrected chi connectivity index (χ2v) is 9.98. The SMILES string of the molecule is CCOC(=O)CC(O)C(c1c(C(C)C)nc(-c2ccccc2)c(C)c1-c1ccc(F)cc1)[PH](=O)O. The molecule has 186 valence electrons. The number of carbonyl (C=O) groups excluding carboxylic acids is 1. The summed E-state index contributed by atoms with van der Waals surface area (Å²) in [5, 5.41) is 11.0. The number of hydrogen-bond acceptors (Lipinski definition) is 5. The third-order valence-electron chi connectivity index (χ3n) is 5.88. The second kappa shape index (κ2) is 11.7. The van der Waals surface area contributed by atoms with Crippen molar-refractivity contribution in [3.05, 3.63) is 77.2 Å². The van der Waals surface area contributed by atoms with E-state index in [9.17, 15) is 23.7 Å². The van der Waals surface area contributed by atoms with Gasteiger partial charge in [0.2, 0.25) is 0 Å². The Kier molecular flexibility index (Phi) is 8.95. The van der Waals surface area contributed by atoms with Gasteiger partial charge in [0.15, 0.2) is 8.03 Å². The van der Waals surface area contributed by atoms with Crippen LogP contribution in [0, 0.1) is 12.7 Å². The van der Waals surface area contributed by atoms with Crippen LogP contribution < -0.4 is 0 Å². The maximum atomic E-state index is 13.8. The van der Waals surface area contributed by atoms with Crippen LogP contribution in [0.3, 0.4) is 0 Å². The molecule has 3 aromatic rings. The molecular formula is C27H31FNO5P. The molecule has 0 fully saturated rings. The number of aliphatic hydroxyl groups is 1. The highest BCUT2D eigenvalue weighted by atomic mass is 31.1. The highest BCUT2D eigenvalue weighted by Gasteiger charge is 2.35. The minimum Gasteiger partial charge on any atom is -0.466 e. The first kappa shape index (κ1) is 26.7. The molecule has 0 aliphatic heterocycles. The van der Waals surface area contributed by atoms with Gasteiger partial charge in [0, 0.05) is 11.3 Å². The fourth-order valence-electron chi connectivity index (χ4n) is 4.32. The van der Waals surface area contributed by atoms with E-state index in [1.165, 1.54) is 12.1 Å². The summed E-state index contributed by atoms with van der Waals surface area (Å²) in [5.41, 5.74) is 3.16. The molecule has 0 spiro atoms. The number of carbonyl (C=O) groups is 1. The van der Waals surface area contributed by atoms with E-state index in [1.54, 1.807) is 19.1 Å². The van der Waals surface area contributed by atoms with Crippen molar-refractivity contribution in [1.29, 1.82) is 0 Å². The Morgan fingerprint density at radius 1 is 1.09 bits per heavy atom. The van der Waals surface area contributed by atoms with Crippen LogP contribution in [-0.4, -0.2) is 33.7 Å². The van der Waals surface area contributed by atoms with Gasteiger partial charge in [-0.3, -0.25) is 14.3 Å². The van der Waals surface area contributed by atoms with E-state index >= 15 is 0 Å². The Bertz CT molecular complexity index is 1200. The summed E-state index contributed by atoms with van der Waals surface area (Å²) in [6, 6.07) is 15.4.